The number of nitrogens with zero attached hydrogens (tertiary/aromatic N) is 4. The number of halogens is 5. The van der Waals surface area contributed by atoms with Crippen LogP contribution in [0.15, 0.2) is 20.9 Å². The van der Waals surface area contributed by atoms with Crippen LogP contribution >= 0.6 is 11.3 Å². The van der Waals surface area contributed by atoms with Crippen molar-refractivity contribution in [3.63, 3.8) is 0 Å². The van der Waals surface area contributed by atoms with E-state index in [0.717, 1.165) is 11.3 Å². The highest BCUT2D eigenvalue weighted by Gasteiger charge is 2.61. The van der Waals surface area contributed by atoms with Gasteiger partial charge in [-0.2, -0.15) is 13.8 Å². The number of aromatic nitrogens is 2. The van der Waals surface area contributed by atoms with Crippen LogP contribution in [0, 0.1) is 5.92 Å². The number of thiophene rings is 1. The number of amides is 1. The van der Waals surface area contributed by atoms with E-state index in [-0.39, 0.29) is 40.9 Å². The molecule has 212 valence electrons. The highest BCUT2D eigenvalue weighted by Crippen LogP contribution is 2.50. The molecule has 1 amide bonds. The topological polar surface area (TPSA) is 127 Å². The van der Waals surface area contributed by atoms with Crippen LogP contribution in [0.1, 0.15) is 36.1 Å². The van der Waals surface area contributed by atoms with Crippen molar-refractivity contribution >= 4 is 44.1 Å². The fraction of sp³-hybridized carbons (Fsp3) is 0.591. The van der Waals surface area contributed by atoms with Gasteiger partial charge in [-0.15, -0.1) is 16.4 Å². The normalized spacial score (nSPS) is 25.3. The molecule has 0 spiro atoms. The van der Waals surface area contributed by atoms with Gasteiger partial charge in [0.1, 0.15) is 22.0 Å². The molecule has 3 aliphatic rings. The van der Waals surface area contributed by atoms with Gasteiger partial charge in [-0.25, -0.2) is 36.0 Å². The van der Waals surface area contributed by atoms with Crippen LogP contribution in [0.25, 0.3) is 0 Å². The summed E-state index contributed by atoms with van der Waals surface area (Å²) in [5.74, 6) is -5.80. The zero-order valence-corrected chi connectivity index (χ0v) is 22.0. The van der Waals surface area contributed by atoms with Crippen molar-refractivity contribution in [2.24, 2.45) is 23.0 Å². The molecule has 0 saturated heterocycles. The van der Waals surface area contributed by atoms with Gasteiger partial charge in [-0.1, -0.05) is 0 Å². The Labute approximate surface area is 223 Å². The summed E-state index contributed by atoms with van der Waals surface area (Å²) < 4.78 is 99.6. The predicted molar refractivity (Wildman–Crippen MR) is 129 cm³/mol. The quantitative estimate of drug-likeness (QED) is 0.337. The first kappa shape index (κ1) is 27.7. The minimum absolute atomic E-state index is 0.0169. The SMILES string of the molecule is Cn1nc(OC(F)F)cc1N=C=N[C@H]1CCc2sc(NC(=O)C3CC3(F)F)c(S(=O)(=O)N[C@H]3C[C@H](F)C3)c2C1. The van der Waals surface area contributed by atoms with Gasteiger partial charge >= 0.3 is 6.61 Å². The van der Waals surface area contributed by atoms with Crippen molar-refractivity contribution in [2.45, 2.75) is 74.2 Å². The number of sulfonamides is 1. The number of carbonyl (C=O) groups excluding carboxylic acids is 1. The molecule has 1 unspecified atom stereocenters. The highest BCUT2D eigenvalue weighted by molar-refractivity contribution is 7.90. The first-order chi connectivity index (χ1) is 18.3. The van der Waals surface area contributed by atoms with Gasteiger partial charge in [0, 0.05) is 30.5 Å². The molecule has 5 rings (SSSR count). The lowest BCUT2D eigenvalue weighted by Crippen LogP contribution is -2.45. The Morgan fingerprint density at radius 1 is 1.36 bits per heavy atom. The van der Waals surface area contributed by atoms with E-state index in [9.17, 15) is 35.2 Å². The second-order valence-corrected chi connectivity index (χ2v) is 12.4. The third kappa shape index (κ3) is 6.00. The zero-order chi connectivity index (χ0) is 28.1. The molecular formula is C22H23F5N6O4S2. The van der Waals surface area contributed by atoms with Gasteiger partial charge in [0.25, 0.3) is 5.92 Å². The second kappa shape index (κ2) is 10.3. The van der Waals surface area contributed by atoms with Crippen molar-refractivity contribution in [2.75, 3.05) is 5.32 Å². The maximum absolute atomic E-state index is 13.4. The minimum atomic E-state index is -4.23. The van der Waals surface area contributed by atoms with E-state index in [1.54, 1.807) is 0 Å². The third-order valence-corrected chi connectivity index (χ3v) is 9.65. The summed E-state index contributed by atoms with van der Waals surface area (Å²) in [7, 11) is -2.77. The summed E-state index contributed by atoms with van der Waals surface area (Å²) in [6.07, 6.45) is -0.683. The molecule has 2 heterocycles. The molecule has 0 aliphatic heterocycles. The minimum Gasteiger partial charge on any atom is -0.415 e. The van der Waals surface area contributed by atoms with Crippen LogP contribution in [0.5, 0.6) is 5.88 Å². The van der Waals surface area contributed by atoms with Gasteiger partial charge in [0.15, 0.2) is 5.82 Å². The number of fused-ring (bicyclic) bond motifs is 1. The fourth-order valence-corrected chi connectivity index (χ4v) is 7.72. The van der Waals surface area contributed by atoms with Crippen LogP contribution in [0.3, 0.4) is 0 Å². The largest absolute Gasteiger partial charge is 0.415 e. The van der Waals surface area contributed by atoms with E-state index in [1.807, 2.05) is 0 Å². The summed E-state index contributed by atoms with van der Waals surface area (Å²) in [5.41, 5.74) is 0.386. The number of carbonyl (C=O) groups is 1. The molecule has 0 aromatic carbocycles. The van der Waals surface area contributed by atoms with Gasteiger partial charge in [0.05, 0.1) is 12.1 Å². The third-order valence-electron chi connectivity index (χ3n) is 6.68. The first-order valence-electron chi connectivity index (χ1n) is 12.0. The predicted octanol–water partition coefficient (Wildman–Crippen LogP) is 3.82. The average molecular weight is 595 g/mol. The molecule has 2 saturated carbocycles. The standard InChI is InChI=1S/C22H23F5N6O4S2/c1-33-16(7-17(31-33)37-21(24)25)29-9-28-11-2-3-15-13(6-11)18(39(35,36)32-12-4-10(23)5-12)20(38-15)30-19(34)14-8-22(14,26)27/h7,10-12,14,21,32H,2-6,8H2,1H3,(H,30,34)/t10-,11-,12-,14?/m0/s1. The number of aryl methyl sites for hydroxylation is 2. The Balaban J connectivity index is 1.39. The van der Waals surface area contributed by atoms with Crippen LogP contribution < -0.4 is 14.8 Å². The maximum Gasteiger partial charge on any atom is 0.388 e. The molecule has 0 bridgehead atoms. The molecule has 2 atom stereocenters. The Morgan fingerprint density at radius 2 is 2.08 bits per heavy atom. The van der Waals surface area contributed by atoms with E-state index in [4.69, 9.17) is 0 Å². The van der Waals surface area contributed by atoms with Crippen molar-refractivity contribution in [1.29, 1.82) is 0 Å². The van der Waals surface area contributed by atoms with Crippen LogP contribution in [-0.2, 0) is 34.7 Å². The Hall–Kier alpha value is -2.88. The van der Waals surface area contributed by atoms with Gasteiger partial charge in [-0.3, -0.25) is 4.79 Å². The van der Waals surface area contributed by atoms with E-state index < -0.39 is 59.1 Å². The van der Waals surface area contributed by atoms with Crippen molar-refractivity contribution in [1.82, 2.24) is 14.5 Å². The van der Waals surface area contributed by atoms with Crippen molar-refractivity contribution in [3.8, 4) is 5.88 Å². The molecule has 2 aromatic rings. The second-order valence-electron chi connectivity index (χ2n) is 9.64. The Kier molecular flexibility index (Phi) is 7.28. The van der Waals surface area contributed by atoms with Gasteiger partial charge in [-0.05, 0) is 37.7 Å². The number of hydrogen-bond donors (Lipinski definition) is 2. The maximum atomic E-state index is 13.4. The number of nitrogens with one attached hydrogen (secondary N) is 2. The zero-order valence-electron chi connectivity index (χ0n) is 20.3. The Bertz CT molecular complexity index is 1450. The molecule has 2 fully saturated rings. The number of hydrogen-bond acceptors (Lipinski definition) is 8. The van der Waals surface area contributed by atoms with Crippen LogP contribution in [-0.4, -0.2) is 60.9 Å². The number of ether oxygens (including phenoxy) is 1. The molecule has 2 aromatic heterocycles. The lowest BCUT2D eigenvalue weighted by atomic mass is 9.92. The van der Waals surface area contributed by atoms with Gasteiger partial charge < -0.3 is 10.1 Å². The fourth-order valence-electron chi connectivity index (χ4n) is 4.48. The number of aliphatic imine (C=N–C) groups is 2. The number of alkyl halides is 5. The van der Waals surface area contributed by atoms with Crippen LogP contribution in [0.2, 0.25) is 0 Å². The van der Waals surface area contributed by atoms with Gasteiger partial charge in [0.2, 0.25) is 21.8 Å². The summed E-state index contributed by atoms with van der Waals surface area (Å²) in [6, 6.07) is 2.58. The summed E-state index contributed by atoms with van der Waals surface area (Å²) in [4.78, 5) is 21.1. The van der Waals surface area contributed by atoms with E-state index >= 15 is 0 Å². The van der Waals surface area contributed by atoms with E-state index in [1.165, 1.54) is 17.8 Å². The van der Waals surface area contributed by atoms with Crippen molar-refractivity contribution in [3.05, 3.63) is 16.5 Å². The first-order valence-corrected chi connectivity index (χ1v) is 14.3. The molecule has 10 nitrogen and oxygen atoms in total. The molecule has 39 heavy (non-hydrogen) atoms. The molecule has 17 heteroatoms. The summed E-state index contributed by atoms with van der Waals surface area (Å²) in [6.45, 7) is -3.05. The molecule has 0 radical (unpaired) electrons. The molecule has 2 N–H and O–H groups in total. The number of rotatable bonds is 9. The highest BCUT2D eigenvalue weighted by atomic mass is 32.2. The van der Waals surface area contributed by atoms with E-state index in [0.29, 0.717) is 23.3 Å². The lowest BCUT2D eigenvalue weighted by Gasteiger charge is -2.30. The average Bonchev–Trinajstić information content (AvgIpc) is 3.12. The van der Waals surface area contributed by atoms with E-state index in [2.05, 4.69) is 35.9 Å². The molecular weight excluding hydrogens is 571 g/mol. The lowest BCUT2D eigenvalue weighted by molar-refractivity contribution is -0.119. The molecule has 3 aliphatic carbocycles. The summed E-state index contributed by atoms with van der Waals surface area (Å²) >= 11 is 1.01. The summed E-state index contributed by atoms with van der Waals surface area (Å²) in [5, 5.41) is 6.06. The van der Waals surface area contributed by atoms with Crippen LogP contribution in [0.4, 0.5) is 32.8 Å². The Morgan fingerprint density at radius 3 is 2.72 bits per heavy atom. The number of anilines is 1. The smallest absolute Gasteiger partial charge is 0.388 e. The monoisotopic (exact) mass is 594 g/mol. The van der Waals surface area contributed by atoms with Crippen molar-refractivity contribution < 1.29 is 39.9 Å².